The average molecular weight is 971 g/mol. The van der Waals surface area contributed by atoms with Crippen molar-refractivity contribution in [1.29, 1.82) is 0 Å². The van der Waals surface area contributed by atoms with Crippen molar-refractivity contribution >= 4 is 67.6 Å². The molecular weight excluding hydrogens is 904 g/mol. The number of benzene rings is 9. The molecule has 4 nitrogen and oxygen atoms in total. The van der Waals surface area contributed by atoms with Crippen molar-refractivity contribution in [2.75, 3.05) is 40.0 Å². The van der Waals surface area contributed by atoms with Crippen LogP contribution in [0.3, 0.4) is 0 Å². The van der Waals surface area contributed by atoms with Gasteiger partial charge in [-0.2, -0.15) is 20.5 Å². The maximum Gasteiger partial charge on any atom is 3.00 e. The quantitative estimate of drug-likeness (QED) is 0.141. The van der Waals surface area contributed by atoms with Crippen LogP contribution >= 0.6 is 0 Å². The second-order valence-electron chi connectivity index (χ2n) is 20.1. The van der Waals surface area contributed by atoms with Gasteiger partial charge in [-0.05, 0) is 0 Å². The molecule has 356 valence electrons. The fourth-order valence-electron chi connectivity index (χ4n) is 11.5. The van der Waals surface area contributed by atoms with Gasteiger partial charge in [0.05, 0.1) is 58.5 Å². The van der Waals surface area contributed by atoms with Crippen LogP contribution in [0.15, 0.2) is 273 Å². The summed E-state index contributed by atoms with van der Waals surface area (Å²) in [5.74, 6) is 0. The first-order valence-corrected chi connectivity index (χ1v) is 25.3. The summed E-state index contributed by atoms with van der Waals surface area (Å²) < 4.78 is 0. The minimum atomic E-state index is -0.912. The van der Waals surface area contributed by atoms with E-state index in [2.05, 4.69) is 313 Å². The van der Waals surface area contributed by atoms with Gasteiger partial charge in [-0.1, -0.05) is 273 Å². The summed E-state index contributed by atoms with van der Waals surface area (Å²) in [6.45, 7) is 14.2. The van der Waals surface area contributed by atoms with Gasteiger partial charge in [0.15, 0.2) is 0 Å². The van der Waals surface area contributed by atoms with Gasteiger partial charge >= 0.3 is 16.8 Å². The van der Waals surface area contributed by atoms with Crippen molar-refractivity contribution in [3.63, 3.8) is 0 Å². The maximum absolute atomic E-state index is 2.47. The average Bonchev–Trinajstić information content (AvgIpc) is 3.45. The van der Waals surface area contributed by atoms with Crippen molar-refractivity contribution in [1.82, 2.24) is 19.6 Å². The molecule has 4 aliphatic heterocycles. The zero-order valence-corrected chi connectivity index (χ0v) is 42.6. The molecule has 0 spiro atoms. The van der Waals surface area contributed by atoms with E-state index < -0.39 is 18.4 Å². The third-order valence-electron chi connectivity index (χ3n) is 15.6. The predicted octanol–water partition coefficient (Wildman–Crippen LogP) is 7.34. The molecule has 9 aromatic rings. The van der Waals surface area contributed by atoms with E-state index in [1.165, 1.54) is 89.2 Å². The van der Waals surface area contributed by atoms with Crippen LogP contribution in [-0.2, 0) is 16.8 Å². The van der Waals surface area contributed by atoms with E-state index >= 15 is 0 Å². The Balaban J connectivity index is 0.000000129. The SMILES string of the molecule is C1N2CN3CN1CN(C2)C3.C[B-](c1ccccc1)(c1ccccc1)c1ccccc1.C[B-](c1ccccc1)(c1ccccc1)c1ccccc1.C[B-](c1ccccc1)(c1ccccc1)c1ccccc1.[Co+3]. The van der Waals surface area contributed by atoms with E-state index in [-0.39, 0.29) is 16.8 Å². The third-order valence-corrected chi connectivity index (χ3v) is 15.6. The van der Waals surface area contributed by atoms with Gasteiger partial charge in [0.1, 0.15) is 0 Å². The molecule has 4 saturated heterocycles. The molecule has 71 heavy (non-hydrogen) atoms. The van der Waals surface area contributed by atoms with Crippen molar-refractivity contribution in [2.24, 2.45) is 0 Å². The summed E-state index contributed by atoms with van der Waals surface area (Å²) in [5.41, 5.74) is 12.4. The van der Waals surface area contributed by atoms with Gasteiger partial charge in [0.25, 0.3) is 0 Å². The van der Waals surface area contributed by atoms with E-state index in [1.54, 1.807) is 0 Å². The normalized spacial score (nSPS) is 17.6. The second kappa shape index (κ2) is 24.1. The minimum absolute atomic E-state index is 0. The second-order valence-corrected chi connectivity index (χ2v) is 20.1. The smallest absolute Gasteiger partial charge is 0.264 e. The van der Waals surface area contributed by atoms with Crippen LogP contribution in [0.5, 0.6) is 0 Å². The fraction of sp³-hybridized carbons (Fsp3) is 0.143. The van der Waals surface area contributed by atoms with Crippen molar-refractivity contribution in [3.8, 4) is 0 Å². The third kappa shape index (κ3) is 11.7. The summed E-state index contributed by atoms with van der Waals surface area (Å²) in [7, 11) is 0. The zero-order valence-electron chi connectivity index (χ0n) is 41.6. The monoisotopic (exact) mass is 970 g/mol. The molecule has 4 heterocycles. The Hall–Kier alpha value is -6.48. The fourth-order valence-corrected chi connectivity index (χ4v) is 11.5. The van der Waals surface area contributed by atoms with E-state index in [0.717, 1.165) is 0 Å². The molecule has 8 heteroatoms. The molecule has 0 N–H and O–H groups in total. The molecule has 0 atom stereocenters. The molecule has 0 unspecified atom stereocenters. The van der Waals surface area contributed by atoms with Gasteiger partial charge in [0, 0.05) is 0 Å². The van der Waals surface area contributed by atoms with Crippen molar-refractivity contribution in [2.45, 2.75) is 20.5 Å². The number of nitrogens with zero attached hydrogens (tertiary/aromatic N) is 4. The van der Waals surface area contributed by atoms with E-state index in [9.17, 15) is 0 Å². The molecule has 4 bridgehead atoms. The Morgan fingerprint density at radius 3 is 0.394 bits per heavy atom. The molecule has 0 aromatic heterocycles. The number of hydrogen-bond donors (Lipinski definition) is 0. The van der Waals surface area contributed by atoms with Crippen LogP contribution in [0.1, 0.15) is 0 Å². The van der Waals surface area contributed by atoms with E-state index in [0.29, 0.717) is 0 Å². The standard InChI is InChI=1S/3C19H18B.C6H12N4.Co/c3*1-20(17-11-5-2-6-12-17,18-13-7-3-8-14-18)19-15-9-4-10-16-19;1-7-2-9-4-8(1)5-10(3-7)6-9;/h3*2-16H,1H3;1-6H2;/q3*-1;;+3. The Bertz CT molecular complexity index is 2280. The first-order chi connectivity index (χ1) is 34.3. The number of hydrogen-bond acceptors (Lipinski definition) is 4. The molecule has 9 aromatic carbocycles. The van der Waals surface area contributed by atoms with Crippen LogP contribution in [0.2, 0.25) is 20.5 Å². The van der Waals surface area contributed by atoms with Crippen LogP contribution in [0, 0.1) is 0 Å². The maximum atomic E-state index is 2.47. The number of rotatable bonds is 9. The van der Waals surface area contributed by atoms with E-state index in [4.69, 9.17) is 0 Å². The van der Waals surface area contributed by atoms with Gasteiger partial charge in [-0.3, -0.25) is 19.6 Å². The Morgan fingerprint density at radius 1 is 0.197 bits per heavy atom. The molecule has 4 aliphatic rings. The molecule has 0 saturated carbocycles. The summed E-state index contributed by atoms with van der Waals surface area (Å²) in [4.78, 5) is 9.88. The largest absolute Gasteiger partial charge is 3.00 e. The predicted molar refractivity (Wildman–Crippen MR) is 306 cm³/mol. The van der Waals surface area contributed by atoms with Crippen LogP contribution in [0.25, 0.3) is 0 Å². The Kier molecular flexibility index (Phi) is 17.3. The van der Waals surface area contributed by atoms with Crippen LogP contribution in [-0.4, -0.2) is 78.0 Å². The van der Waals surface area contributed by atoms with Crippen molar-refractivity contribution in [3.05, 3.63) is 273 Å². The summed E-state index contributed by atoms with van der Waals surface area (Å²) >= 11 is 0. The van der Waals surface area contributed by atoms with Crippen LogP contribution in [0.4, 0.5) is 0 Å². The summed E-state index contributed by atoms with van der Waals surface area (Å²) in [5, 5.41) is 0. The van der Waals surface area contributed by atoms with Gasteiger partial charge in [-0.15, -0.1) is 0 Å². The Morgan fingerprint density at radius 2 is 0.296 bits per heavy atom. The Labute approximate surface area is 435 Å². The van der Waals surface area contributed by atoms with Crippen molar-refractivity contribution < 1.29 is 16.8 Å². The molecule has 0 amide bonds. The molecular formula is C63H66B3CoN4. The molecule has 0 radical (unpaired) electrons. The van der Waals surface area contributed by atoms with E-state index in [1.807, 2.05) is 0 Å². The van der Waals surface area contributed by atoms with Gasteiger partial charge < -0.3 is 0 Å². The summed E-state index contributed by atoms with van der Waals surface area (Å²) in [6.07, 6.45) is -2.74. The molecule has 13 rings (SSSR count). The zero-order chi connectivity index (χ0) is 48.1. The van der Waals surface area contributed by atoms with Crippen LogP contribution < -0.4 is 49.2 Å². The molecule has 0 aliphatic carbocycles. The first kappa shape index (κ1) is 50.9. The van der Waals surface area contributed by atoms with Gasteiger partial charge in [0.2, 0.25) is 0 Å². The topological polar surface area (TPSA) is 13.0 Å². The summed E-state index contributed by atoms with van der Waals surface area (Å²) in [6, 6.07) is 97.2. The molecule has 4 fully saturated rings. The minimum Gasteiger partial charge on any atom is -0.264 e. The first-order valence-electron chi connectivity index (χ1n) is 25.3. The van der Waals surface area contributed by atoms with Gasteiger partial charge in [-0.25, -0.2) is 49.2 Å².